The molecule has 0 bridgehead atoms. The predicted molar refractivity (Wildman–Crippen MR) is 74.7 cm³/mol. The number of hydrogen-bond donors (Lipinski definition) is 3. The molecule has 0 saturated heterocycles. The molecule has 0 aliphatic carbocycles. The van der Waals surface area contributed by atoms with Gasteiger partial charge >= 0.3 is 0 Å². The Hall–Kier alpha value is -1.82. The zero-order chi connectivity index (χ0) is 12.8. The lowest BCUT2D eigenvalue weighted by atomic mass is 10.3. The second kappa shape index (κ2) is 6.20. The average Bonchev–Trinajstić information content (AvgIpc) is 2.98. The van der Waals surface area contributed by atoms with Crippen LogP contribution in [0.4, 0.5) is 0 Å². The van der Waals surface area contributed by atoms with Gasteiger partial charge in [-0.2, -0.15) is 5.10 Å². The van der Waals surface area contributed by atoms with Crippen molar-refractivity contribution in [2.45, 2.75) is 19.9 Å². The maximum absolute atomic E-state index is 5.79. The smallest absolute Gasteiger partial charge is 0.188 e. The minimum atomic E-state index is 0.479. The molecule has 0 amide bonds. The monoisotopic (exact) mass is 263 g/mol. The van der Waals surface area contributed by atoms with Gasteiger partial charge in [-0.25, -0.2) is 4.99 Å². The van der Waals surface area contributed by atoms with E-state index in [-0.39, 0.29) is 0 Å². The van der Waals surface area contributed by atoms with E-state index in [0.717, 1.165) is 24.2 Å². The van der Waals surface area contributed by atoms with E-state index in [9.17, 15) is 0 Å². The van der Waals surface area contributed by atoms with Crippen LogP contribution in [0.1, 0.15) is 16.1 Å². The Morgan fingerprint density at radius 2 is 2.50 bits per heavy atom. The van der Waals surface area contributed by atoms with Crippen LogP contribution >= 0.6 is 11.3 Å². The first-order valence-corrected chi connectivity index (χ1v) is 6.68. The molecule has 0 radical (unpaired) electrons. The number of H-pyrrole nitrogens is 1. The SMILES string of the molecule is Cc1[nH]ncc1CN=C(N)NCCc1cccs1. The minimum absolute atomic E-state index is 0.479. The Morgan fingerprint density at radius 3 is 3.17 bits per heavy atom. The van der Waals surface area contributed by atoms with Crippen LogP contribution in [0.25, 0.3) is 0 Å². The Morgan fingerprint density at radius 1 is 1.61 bits per heavy atom. The highest BCUT2D eigenvalue weighted by atomic mass is 32.1. The molecule has 0 aliphatic heterocycles. The van der Waals surface area contributed by atoms with Crippen LogP contribution in [-0.4, -0.2) is 22.7 Å². The zero-order valence-corrected chi connectivity index (χ0v) is 11.1. The van der Waals surface area contributed by atoms with Crippen LogP contribution in [0.3, 0.4) is 0 Å². The van der Waals surface area contributed by atoms with Crippen molar-refractivity contribution in [2.24, 2.45) is 10.7 Å². The third-order valence-corrected chi connectivity index (χ3v) is 3.55. The van der Waals surface area contributed by atoms with Crippen LogP contribution in [0, 0.1) is 6.92 Å². The largest absolute Gasteiger partial charge is 0.370 e. The number of guanidine groups is 1. The summed E-state index contributed by atoms with van der Waals surface area (Å²) in [6.45, 7) is 3.33. The molecule has 6 heteroatoms. The highest BCUT2D eigenvalue weighted by molar-refractivity contribution is 7.09. The quantitative estimate of drug-likeness (QED) is 0.564. The highest BCUT2D eigenvalue weighted by Crippen LogP contribution is 2.08. The number of thiophene rings is 1. The summed E-state index contributed by atoms with van der Waals surface area (Å²) in [4.78, 5) is 5.62. The standard InChI is InChI=1S/C12H17N5S/c1-9-10(8-16-17-9)7-15-12(13)14-5-4-11-3-2-6-18-11/h2-3,6,8H,4-5,7H2,1H3,(H,16,17)(H3,13,14,15). The van der Waals surface area contributed by atoms with E-state index in [1.807, 2.05) is 6.92 Å². The first kappa shape index (κ1) is 12.6. The summed E-state index contributed by atoms with van der Waals surface area (Å²) in [5.74, 6) is 0.479. The molecule has 18 heavy (non-hydrogen) atoms. The van der Waals surface area contributed by atoms with Crippen molar-refractivity contribution in [3.05, 3.63) is 39.8 Å². The van der Waals surface area contributed by atoms with Crippen LogP contribution in [0.5, 0.6) is 0 Å². The van der Waals surface area contributed by atoms with Crippen molar-refractivity contribution in [3.8, 4) is 0 Å². The number of aromatic nitrogens is 2. The van der Waals surface area contributed by atoms with Crippen molar-refractivity contribution in [1.82, 2.24) is 15.5 Å². The van der Waals surface area contributed by atoms with Gasteiger partial charge in [-0.15, -0.1) is 11.3 Å². The number of aliphatic imine (C=N–C) groups is 1. The van der Waals surface area contributed by atoms with E-state index < -0.39 is 0 Å². The molecular formula is C12H17N5S. The van der Waals surface area contributed by atoms with E-state index >= 15 is 0 Å². The van der Waals surface area contributed by atoms with Crippen molar-refractivity contribution in [1.29, 1.82) is 0 Å². The Balaban J connectivity index is 1.74. The van der Waals surface area contributed by atoms with E-state index in [4.69, 9.17) is 5.73 Å². The molecule has 0 aromatic carbocycles. The number of aryl methyl sites for hydroxylation is 1. The summed E-state index contributed by atoms with van der Waals surface area (Å²) >= 11 is 1.75. The summed E-state index contributed by atoms with van der Waals surface area (Å²) in [6.07, 6.45) is 2.75. The van der Waals surface area contributed by atoms with Crippen LogP contribution in [-0.2, 0) is 13.0 Å². The highest BCUT2D eigenvalue weighted by Gasteiger charge is 1.99. The number of hydrogen-bond acceptors (Lipinski definition) is 3. The molecule has 2 aromatic rings. The molecule has 0 fully saturated rings. The fourth-order valence-corrected chi connectivity index (χ4v) is 2.24. The van der Waals surface area contributed by atoms with Gasteiger partial charge in [0.25, 0.3) is 0 Å². The Labute approximate surface area is 110 Å². The summed E-state index contributed by atoms with van der Waals surface area (Å²) < 4.78 is 0. The molecule has 2 heterocycles. The lowest BCUT2D eigenvalue weighted by molar-refractivity contribution is 0.856. The minimum Gasteiger partial charge on any atom is -0.370 e. The number of nitrogens with two attached hydrogens (primary N) is 1. The molecule has 96 valence electrons. The number of aromatic amines is 1. The fraction of sp³-hybridized carbons (Fsp3) is 0.333. The number of nitrogens with one attached hydrogen (secondary N) is 2. The van der Waals surface area contributed by atoms with Gasteiger partial charge in [-0.3, -0.25) is 5.10 Å². The third-order valence-electron chi connectivity index (χ3n) is 2.61. The summed E-state index contributed by atoms with van der Waals surface area (Å²) in [5.41, 5.74) is 7.89. The Bertz CT molecular complexity index is 500. The maximum Gasteiger partial charge on any atom is 0.188 e. The van der Waals surface area contributed by atoms with E-state index in [2.05, 4.69) is 38.0 Å². The molecule has 5 nitrogen and oxygen atoms in total. The zero-order valence-electron chi connectivity index (χ0n) is 10.3. The van der Waals surface area contributed by atoms with Gasteiger partial charge in [0.15, 0.2) is 5.96 Å². The molecule has 2 rings (SSSR count). The second-order valence-electron chi connectivity index (χ2n) is 3.98. The molecule has 0 saturated carbocycles. The van der Waals surface area contributed by atoms with E-state index in [1.54, 1.807) is 17.5 Å². The van der Waals surface area contributed by atoms with Crippen LogP contribution in [0.15, 0.2) is 28.7 Å². The van der Waals surface area contributed by atoms with E-state index in [1.165, 1.54) is 4.88 Å². The van der Waals surface area contributed by atoms with E-state index in [0.29, 0.717) is 12.5 Å². The second-order valence-corrected chi connectivity index (χ2v) is 5.01. The molecule has 4 N–H and O–H groups in total. The van der Waals surface area contributed by atoms with Crippen molar-refractivity contribution < 1.29 is 0 Å². The summed E-state index contributed by atoms with van der Waals surface area (Å²) in [7, 11) is 0. The van der Waals surface area contributed by atoms with Crippen molar-refractivity contribution in [3.63, 3.8) is 0 Å². The first-order chi connectivity index (χ1) is 8.75. The van der Waals surface area contributed by atoms with Gasteiger partial charge in [-0.1, -0.05) is 6.07 Å². The molecule has 0 aliphatic rings. The lowest BCUT2D eigenvalue weighted by Crippen LogP contribution is -2.33. The van der Waals surface area contributed by atoms with Gasteiger partial charge in [-0.05, 0) is 24.8 Å². The number of nitrogens with zero attached hydrogens (tertiary/aromatic N) is 2. The average molecular weight is 263 g/mol. The third kappa shape index (κ3) is 3.59. The summed E-state index contributed by atoms with van der Waals surface area (Å²) in [5, 5.41) is 12.0. The van der Waals surface area contributed by atoms with Crippen LogP contribution in [0.2, 0.25) is 0 Å². The molecule has 0 atom stereocenters. The van der Waals surface area contributed by atoms with Gasteiger partial charge in [0.2, 0.25) is 0 Å². The van der Waals surface area contributed by atoms with Crippen molar-refractivity contribution >= 4 is 17.3 Å². The first-order valence-electron chi connectivity index (χ1n) is 5.80. The normalized spacial score (nSPS) is 11.7. The maximum atomic E-state index is 5.79. The molecule has 2 aromatic heterocycles. The summed E-state index contributed by atoms with van der Waals surface area (Å²) in [6, 6.07) is 4.17. The number of rotatable bonds is 5. The van der Waals surface area contributed by atoms with Gasteiger partial charge in [0, 0.05) is 22.7 Å². The van der Waals surface area contributed by atoms with Crippen LogP contribution < -0.4 is 11.1 Å². The topological polar surface area (TPSA) is 79.1 Å². The van der Waals surface area contributed by atoms with Gasteiger partial charge < -0.3 is 11.1 Å². The fourth-order valence-electron chi connectivity index (χ4n) is 1.53. The van der Waals surface area contributed by atoms with Crippen molar-refractivity contribution in [2.75, 3.05) is 6.54 Å². The lowest BCUT2D eigenvalue weighted by Gasteiger charge is -2.04. The Kier molecular flexibility index (Phi) is 4.35. The molecular weight excluding hydrogens is 246 g/mol. The van der Waals surface area contributed by atoms with Gasteiger partial charge in [0.1, 0.15) is 0 Å². The molecule has 0 unspecified atom stereocenters. The molecule has 0 spiro atoms. The van der Waals surface area contributed by atoms with Gasteiger partial charge in [0.05, 0.1) is 12.7 Å². The predicted octanol–water partition coefficient (Wildman–Crippen LogP) is 1.43.